The van der Waals surface area contributed by atoms with Gasteiger partial charge in [-0.25, -0.2) is 15.0 Å². The van der Waals surface area contributed by atoms with E-state index in [-0.39, 0.29) is 0 Å². The predicted molar refractivity (Wildman–Crippen MR) is 81.0 cm³/mol. The van der Waals surface area contributed by atoms with E-state index >= 15 is 0 Å². The summed E-state index contributed by atoms with van der Waals surface area (Å²) in [5.74, 6) is 0.676. The largest absolute Gasteiger partial charge is 0.399 e. The van der Waals surface area contributed by atoms with E-state index in [1.54, 1.807) is 6.20 Å². The molecule has 0 saturated heterocycles. The monoisotopic (exact) mass is 286 g/mol. The molecule has 0 saturated carbocycles. The van der Waals surface area contributed by atoms with Crippen LogP contribution < -0.4 is 10.6 Å². The number of fused-ring (bicyclic) bond motifs is 1. The zero-order valence-corrected chi connectivity index (χ0v) is 12.0. The third-order valence-electron chi connectivity index (χ3n) is 2.70. The SMILES string of the molecule is CN(C)c1nccc(Sc2nc3ccc(N)cc3[nH]2)n1. The van der Waals surface area contributed by atoms with Crippen molar-refractivity contribution in [3.05, 3.63) is 30.5 Å². The van der Waals surface area contributed by atoms with Gasteiger partial charge in [0.05, 0.1) is 11.0 Å². The lowest BCUT2D eigenvalue weighted by molar-refractivity contribution is 0.945. The van der Waals surface area contributed by atoms with Gasteiger partial charge in [-0.1, -0.05) is 0 Å². The molecule has 0 unspecified atom stereocenters. The number of rotatable bonds is 3. The second-order valence-electron chi connectivity index (χ2n) is 4.51. The summed E-state index contributed by atoms with van der Waals surface area (Å²) in [6.45, 7) is 0. The summed E-state index contributed by atoms with van der Waals surface area (Å²) in [5.41, 5.74) is 8.29. The van der Waals surface area contributed by atoms with Gasteiger partial charge in [-0.05, 0) is 36.0 Å². The number of benzene rings is 1. The van der Waals surface area contributed by atoms with Crippen LogP contribution in [-0.4, -0.2) is 34.0 Å². The smallest absolute Gasteiger partial charge is 0.225 e. The lowest BCUT2D eigenvalue weighted by atomic mass is 10.3. The molecule has 0 fully saturated rings. The van der Waals surface area contributed by atoms with Crippen molar-refractivity contribution in [3.63, 3.8) is 0 Å². The minimum atomic E-state index is 0.676. The normalized spacial score (nSPS) is 10.9. The number of nitrogen functional groups attached to an aromatic ring is 1. The number of hydrogen-bond donors (Lipinski definition) is 2. The highest BCUT2D eigenvalue weighted by Crippen LogP contribution is 2.26. The van der Waals surface area contributed by atoms with Crippen molar-refractivity contribution >= 4 is 34.4 Å². The van der Waals surface area contributed by atoms with Gasteiger partial charge in [0.2, 0.25) is 5.95 Å². The Morgan fingerprint density at radius 2 is 2.05 bits per heavy atom. The van der Waals surface area contributed by atoms with Crippen molar-refractivity contribution in [2.75, 3.05) is 24.7 Å². The maximum Gasteiger partial charge on any atom is 0.225 e. The number of imidazole rings is 1. The second kappa shape index (κ2) is 5.01. The molecule has 102 valence electrons. The molecule has 0 amide bonds. The van der Waals surface area contributed by atoms with Gasteiger partial charge < -0.3 is 15.6 Å². The Balaban J connectivity index is 1.90. The molecule has 0 aliphatic rings. The van der Waals surface area contributed by atoms with Crippen LogP contribution >= 0.6 is 11.8 Å². The molecule has 7 heteroatoms. The molecule has 0 radical (unpaired) electrons. The van der Waals surface area contributed by atoms with Gasteiger partial charge in [-0.3, -0.25) is 0 Å². The van der Waals surface area contributed by atoms with Crippen LogP contribution in [0.3, 0.4) is 0 Å². The third kappa shape index (κ3) is 2.53. The summed E-state index contributed by atoms with van der Waals surface area (Å²) in [6, 6.07) is 7.47. The topological polar surface area (TPSA) is 83.7 Å². The highest BCUT2D eigenvalue weighted by Gasteiger charge is 2.07. The molecule has 0 aliphatic carbocycles. The van der Waals surface area contributed by atoms with Gasteiger partial charge in [0, 0.05) is 26.0 Å². The molecule has 6 nitrogen and oxygen atoms in total. The average molecular weight is 286 g/mol. The second-order valence-corrected chi connectivity index (χ2v) is 5.52. The summed E-state index contributed by atoms with van der Waals surface area (Å²) in [5, 5.41) is 1.63. The van der Waals surface area contributed by atoms with Crippen LogP contribution in [0.15, 0.2) is 40.6 Å². The standard InChI is InChI=1S/C13H14N6S/c1-19(2)12-15-6-5-11(18-12)20-13-16-9-4-3-8(14)7-10(9)17-13/h3-7H,14H2,1-2H3,(H,16,17). The van der Waals surface area contributed by atoms with E-state index in [1.807, 2.05) is 43.3 Å². The van der Waals surface area contributed by atoms with Crippen molar-refractivity contribution in [3.8, 4) is 0 Å². The van der Waals surface area contributed by atoms with Gasteiger partial charge in [-0.2, -0.15) is 0 Å². The summed E-state index contributed by atoms with van der Waals surface area (Å²) in [7, 11) is 3.82. The van der Waals surface area contributed by atoms with Crippen LogP contribution in [0, 0.1) is 0 Å². The van der Waals surface area contributed by atoms with Crippen LogP contribution in [0.1, 0.15) is 0 Å². The highest BCUT2D eigenvalue weighted by atomic mass is 32.2. The first-order valence-electron chi connectivity index (χ1n) is 6.05. The van der Waals surface area contributed by atoms with Crippen molar-refractivity contribution in [1.82, 2.24) is 19.9 Å². The molecule has 2 aromatic heterocycles. The number of H-pyrrole nitrogens is 1. The van der Waals surface area contributed by atoms with Gasteiger partial charge in [-0.15, -0.1) is 0 Å². The van der Waals surface area contributed by atoms with E-state index in [0.29, 0.717) is 5.95 Å². The molecule has 20 heavy (non-hydrogen) atoms. The summed E-state index contributed by atoms with van der Waals surface area (Å²) < 4.78 is 0. The Labute approximate surface area is 120 Å². The number of anilines is 2. The zero-order chi connectivity index (χ0) is 14.1. The number of aromatic nitrogens is 4. The molecule has 0 atom stereocenters. The number of hydrogen-bond acceptors (Lipinski definition) is 6. The van der Waals surface area contributed by atoms with Gasteiger partial charge in [0.25, 0.3) is 0 Å². The molecule has 0 spiro atoms. The molecule has 0 bridgehead atoms. The van der Waals surface area contributed by atoms with Crippen molar-refractivity contribution in [2.45, 2.75) is 10.2 Å². The van der Waals surface area contributed by atoms with Crippen molar-refractivity contribution < 1.29 is 0 Å². The highest BCUT2D eigenvalue weighted by molar-refractivity contribution is 7.99. The summed E-state index contributed by atoms with van der Waals surface area (Å²) in [6.07, 6.45) is 1.74. The van der Waals surface area contributed by atoms with Crippen molar-refractivity contribution in [1.29, 1.82) is 0 Å². The minimum Gasteiger partial charge on any atom is -0.399 e. The fraction of sp³-hybridized carbons (Fsp3) is 0.154. The lowest BCUT2D eigenvalue weighted by Crippen LogP contribution is -2.12. The first-order chi connectivity index (χ1) is 9.61. The van der Waals surface area contributed by atoms with Gasteiger partial charge in [0.1, 0.15) is 5.03 Å². The van der Waals surface area contributed by atoms with Gasteiger partial charge >= 0.3 is 0 Å². The molecular weight excluding hydrogens is 272 g/mol. The van der Waals surface area contributed by atoms with Crippen LogP contribution in [0.5, 0.6) is 0 Å². The Kier molecular flexibility index (Phi) is 3.19. The van der Waals surface area contributed by atoms with Crippen LogP contribution in [-0.2, 0) is 0 Å². The summed E-state index contributed by atoms with van der Waals surface area (Å²) >= 11 is 1.47. The first-order valence-corrected chi connectivity index (χ1v) is 6.87. The van der Waals surface area contributed by atoms with Crippen LogP contribution in [0.2, 0.25) is 0 Å². The first kappa shape index (κ1) is 12.7. The van der Waals surface area contributed by atoms with Crippen LogP contribution in [0.4, 0.5) is 11.6 Å². The van der Waals surface area contributed by atoms with E-state index in [2.05, 4.69) is 19.9 Å². The Morgan fingerprint density at radius 3 is 2.85 bits per heavy atom. The molecule has 3 rings (SSSR count). The molecule has 2 heterocycles. The third-order valence-corrected chi connectivity index (χ3v) is 3.53. The van der Waals surface area contributed by atoms with E-state index < -0.39 is 0 Å². The molecule has 0 aliphatic heterocycles. The fourth-order valence-electron chi connectivity index (χ4n) is 1.76. The van der Waals surface area contributed by atoms with E-state index in [0.717, 1.165) is 26.9 Å². The number of nitrogens with one attached hydrogen (secondary N) is 1. The maximum absolute atomic E-state index is 5.76. The van der Waals surface area contributed by atoms with E-state index in [4.69, 9.17) is 5.73 Å². The average Bonchev–Trinajstić information content (AvgIpc) is 2.80. The minimum absolute atomic E-state index is 0.676. The maximum atomic E-state index is 5.76. The molecule has 1 aromatic carbocycles. The van der Waals surface area contributed by atoms with Crippen molar-refractivity contribution in [2.24, 2.45) is 0 Å². The Hall–Kier alpha value is -2.28. The Bertz CT molecular complexity index is 751. The molecule has 3 N–H and O–H groups in total. The van der Waals surface area contributed by atoms with Crippen LogP contribution in [0.25, 0.3) is 11.0 Å². The van der Waals surface area contributed by atoms with E-state index in [9.17, 15) is 0 Å². The van der Waals surface area contributed by atoms with Gasteiger partial charge in [0.15, 0.2) is 5.16 Å². The number of nitrogens with zero attached hydrogens (tertiary/aromatic N) is 4. The predicted octanol–water partition coefficient (Wildman–Crippen LogP) is 2.15. The number of aromatic amines is 1. The Morgan fingerprint density at radius 1 is 1.20 bits per heavy atom. The molecule has 3 aromatic rings. The number of nitrogens with two attached hydrogens (primary N) is 1. The quantitative estimate of drug-likeness (QED) is 0.567. The molecular formula is C13H14N6S. The van der Waals surface area contributed by atoms with E-state index in [1.165, 1.54) is 11.8 Å². The fourth-order valence-corrected chi connectivity index (χ4v) is 2.52. The lowest BCUT2D eigenvalue weighted by Gasteiger charge is -2.09. The zero-order valence-electron chi connectivity index (χ0n) is 11.2. The summed E-state index contributed by atoms with van der Waals surface area (Å²) in [4.78, 5) is 18.2.